The van der Waals surface area contributed by atoms with Gasteiger partial charge in [0.05, 0.1) is 10.7 Å². The first kappa shape index (κ1) is 20.2. The second-order valence-electron chi connectivity index (χ2n) is 6.56. The predicted octanol–water partition coefficient (Wildman–Crippen LogP) is 3.82. The summed E-state index contributed by atoms with van der Waals surface area (Å²) in [6, 6.07) is 8.73. The van der Waals surface area contributed by atoms with E-state index in [1.807, 2.05) is 14.0 Å². The minimum atomic E-state index is 0. The van der Waals surface area contributed by atoms with Crippen LogP contribution in [0.3, 0.4) is 0 Å². The van der Waals surface area contributed by atoms with E-state index in [4.69, 9.17) is 0 Å². The molecule has 1 fully saturated rings. The van der Waals surface area contributed by atoms with Gasteiger partial charge in [-0.3, -0.25) is 4.99 Å². The Morgan fingerprint density at radius 2 is 2.00 bits per heavy atom. The monoisotopic (exact) mass is 470 g/mol. The maximum Gasteiger partial charge on any atom is 0.191 e. The fourth-order valence-corrected chi connectivity index (χ4v) is 3.81. The first-order valence-corrected chi connectivity index (χ1v) is 9.42. The lowest BCUT2D eigenvalue weighted by atomic mass is 9.92. The third kappa shape index (κ3) is 5.17. The van der Waals surface area contributed by atoms with E-state index < -0.39 is 0 Å². The zero-order chi connectivity index (χ0) is 17.0. The average Bonchev–Trinajstić information content (AvgIpc) is 3.26. The van der Waals surface area contributed by atoms with Crippen LogP contribution >= 0.6 is 35.3 Å². The minimum absolute atomic E-state index is 0. The molecule has 136 valence electrons. The van der Waals surface area contributed by atoms with Crippen molar-refractivity contribution >= 4 is 41.3 Å². The van der Waals surface area contributed by atoms with Gasteiger partial charge < -0.3 is 10.6 Å². The van der Waals surface area contributed by atoms with Gasteiger partial charge in [-0.05, 0) is 37.8 Å². The Hall–Kier alpha value is -1.15. The van der Waals surface area contributed by atoms with Gasteiger partial charge in [0, 0.05) is 37.4 Å². The van der Waals surface area contributed by atoms with Gasteiger partial charge in [0.2, 0.25) is 0 Å². The normalized spacial score (nSPS) is 15.4. The van der Waals surface area contributed by atoms with Gasteiger partial charge in [0.15, 0.2) is 5.96 Å². The lowest BCUT2D eigenvalue weighted by molar-refractivity contribution is 0.641. The molecule has 4 nitrogen and oxygen atoms in total. The second kappa shape index (κ2) is 8.98. The van der Waals surface area contributed by atoms with Crippen molar-refractivity contribution in [2.75, 3.05) is 20.1 Å². The van der Waals surface area contributed by atoms with Crippen LogP contribution in [0, 0.1) is 13.8 Å². The first-order chi connectivity index (χ1) is 11.6. The third-order valence-electron chi connectivity index (χ3n) is 4.73. The van der Waals surface area contributed by atoms with Gasteiger partial charge in [-0.25, -0.2) is 4.98 Å². The maximum atomic E-state index is 4.50. The lowest BCUT2D eigenvalue weighted by Gasteiger charge is -2.20. The van der Waals surface area contributed by atoms with Gasteiger partial charge in [0.25, 0.3) is 0 Å². The molecule has 1 heterocycles. The summed E-state index contributed by atoms with van der Waals surface area (Å²) >= 11 is 1.71. The molecule has 2 aromatic rings. The molecule has 1 saturated carbocycles. The van der Waals surface area contributed by atoms with Crippen LogP contribution in [-0.2, 0) is 11.8 Å². The van der Waals surface area contributed by atoms with Crippen LogP contribution in [0.15, 0.2) is 34.6 Å². The van der Waals surface area contributed by atoms with Gasteiger partial charge in [0.1, 0.15) is 0 Å². The molecule has 0 bridgehead atoms. The van der Waals surface area contributed by atoms with Gasteiger partial charge in [-0.2, -0.15) is 0 Å². The summed E-state index contributed by atoms with van der Waals surface area (Å²) in [5.74, 6) is 0.877. The fraction of sp³-hybridized carbons (Fsp3) is 0.474. The first-order valence-electron chi connectivity index (χ1n) is 8.55. The quantitative estimate of drug-likeness (QED) is 0.384. The Morgan fingerprint density at radius 1 is 1.24 bits per heavy atom. The largest absolute Gasteiger partial charge is 0.356 e. The molecule has 0 aliphatic heterocycles. The smallest absolute Gasteiger partial charge is 0.191 e. The summed E-state index contributed by atoms with van der Waals surface area (Å²) in [4.78, 5) is 8.84. The number of aliphatic imine (C=N–C) groups is 1. The van der Waals surface area contributed by atoms with Crippen molar-refractivity contribution in [3.63, 3.8) is 0 Å². The standard InChI is InChI=1S/C19H26N4S.HI/c1-14-6-4-5-7-17(14)19(9-10-19)13-22-18(20-3)21-11-8-16-12-24-15(2)23-16;/h4-7,12H,8-11,13H2,1-3H3,(H2,20,21,22);1H. The van der Waals surface area contributed by atoms with Gasteiger partial charge in [-0.15, -0.1) is 35.3 Å². The van der Waals surface area contributed by atoms with Crippen LogP contribution in [0.5, 0.6) is 0 Å². The average molecular weight is 470 g/mol. The summed E-state index contributed by atoms with van der Waals surface area (Å²) in [7, 11) is 1.83. The Bertz CT molecular complexity index is 722. The molecule has 0 amide bonds. The van der Waals surface area contributed by atoms with Crippen LogP contribution in [0.2, 0.25) is 0 Å². The summed E-state index contributed by atoms with van der Waals surface area (Å²) in [5.41, 5.74) is 4.30. The van der Waals surface area contributed by atoms with Crippen molar-refractivity contribution in [1.82, 2.24) is 15.6 Å². The molecule has 2 N–H and O–H groups in total. The second-order valence-corrected chi connectivity index (χ2v) is 7.62. The number of nitrogens with one attached hydrogen (secondary N) is 2. The van der Waals surface area contributed by atoms with E-state index in [2.05, 4.69) is 57.2 Å². The molecular weight excluding hydrogens is 443 g/mol. The number of aryl methyl sites for hydroxylation is 2. The molecule has 0 unspecified atom stereocenters. The number of thiazole rings is 1. The molecule has 0 saturated heterocycles. The number of aromatic nitrogens is 1. The number of hydrogen-bond donors (Lipinski definition) is 2. The molecule has 3 rings (SSSR count). The Labute approximate surface area is 171 Å². The topological polar surface area (TPSA) is 49.3 Å². The van der Waals surface area contributed by atoms with Crippen LogP contribution < -0.4 is 10.6 Å². The molecule has 25 heavy (non-hydrogen) atoms. The molecule has 6 heteroatoms. The van der Waals surface area contributed by atoms with Crippen LogP contribution in [-0.4, -0.2) is 31.1 Å². The molecule has 1 aromatic carbocycles. The van der Waals surface area contributed by atoms with E-state index in [9.17, 15) is 0 Å². The number of rotatable bonds is 6. The highest BCUT2D eigenvalue weighted by Gasteiger charge is 2.44. The third-order valence-corrected chi connectivity index (χ3v) is 5.55. The Kier molecular flexibility index (Phi) is 7.25. The number of nitrogens with zero attached hydrogens (tertiary/aromatic N) is 2. The van der Waals surface area contributed by atoms with Crippen LogP contribution in [0.4, 0.5) is 0 Å². The van der Waals surface area contributed by atoms with Crippen molar-refractivity contribution in [2.45, 2.75) is 38.5 Å². The summed E-state index contributed by atoms with van der Waals surface area (Å²) in [6.45, 7) is 6.04. The molecule has 0 atom stereocenters. The van der Waals surface area contributed by atoms with E-state index in [-0.39, 0.29) is 29.4 Å². The molecule has 1 aliphatic rings. The van der Waals surface area contributed by atoms with Crippen molar-refractivity contribution in [3.05, 3.63) is 51.5 Å². The number of benzene rings is 1. The maximum absolute atomic E-state index is 4.50. The number of halogens is 1. The molecular formula is C19H27IN4S. The van der Waals surface area contributed by atoms with Crippen molar-refractivity contribution in [1.29, 1.82) is 0 Å². The van der Waals surface area contributed by atoms with Crippen LogP contribution in [0.25, 0.3) is 0 Å². The van der Waals surface area contributed by atoms with E-state index in [0.29, 0.717) is 0 Å². The molecule has 1 aliphatic carbocycles. The Balaban J connectivity index is 0.00000225. The molecule has 0 spiro atoms. The minimum Gasteiger partial charge on any atom is -0.356 e. The summed E-state index contributed by atoms with van der Waals surface area (Å²) < 4.78 is 0. The fourth-order valence-electron chi connectivity index (χ4n) is 3.17. The SMILES string of the molecule is CN=C(NCCc1csc(C)n1)NCC1(c2ccccc2C)CC1.I. The van der Waals surface area contributed by atoms with E-state index in [1.165, 1.54) is 24.0 Å². The van der Waals surface area contributed by atoms with Gasteiger partial charge in [-0.1, -0.05) is 24.3 Å². The Morgan fingerprint density at radius 3 is 2.60 bits per heavy atom. The highest BCUT2D eigenvalue weighted by molar-refractivity contribution is 14.0. The van der Waals surface area contributed by atoms with Gasteiger partial charge >= 0.3 is 0 Å². The zero-order valence-electron chi connectivity index (χ0n) is 15.1. The van der Waals surface area contributed by atoms with Crippen molar-refractivity contribution in [3.8, 4) is 0 Å². The number of hydrogen-bond acceptors (Lipinski definition) is 3. The highest BCUT2D eigenvalue weighted by atomic mass is 127. The van der Waals surface area contributed by atoms with Crippen molar-refractivity contribution < 1.29 is 0 Å². The van der Waals surface area contributed by atoms with E-state index in [1.54, 1.807) is 11.3 Å². The number of guanidine groups is 1. The van der Waals surface area contributed by atoms with Crippen LogP contribution in [0.1, 0.15) is 34.7 Å². The zero-order valence-corrected chi connectivity index (χ0v) is 18.3. The summed E-state index contributed by atoms with van der Waals surface area (Å²) in [5, 5.41) is 10.2. The summed E-state index contributed by atoms with van der Waals surface area (Å²) in [6.07, 6.45) is 3.42. The van der Waals surface area contributed by atoms with Crippen molar-refractivity contribution in [2.24, 2.45) is 4.99 Å². The highest BCUT2D eigenvalue weighted by Crippen LogP contribution is 2.48. The molecule has 1 aromatic heterocycles. The van der Waals surface area contributed by atoms with E-state index >= 15 is 0 Å². The lowest BCUT2D eigenvalue weighted by Crippen LogP contribution is -2.42. The predicted molar refractivity (Wildman–Crippen MR) is 117 cm³/mol. The molecule has 0 radical (unpaired) electrons. The van der Waals surface area contributed by atoms with E-state index in [0.717, 1.165) is 36.2 Å².